The summed E-state index contributed by atoms with van der Waals surface area (Å²) < 4.78 is 10.5. The second-order valence-electron chi connectivity index (χ2n) is 6.40. The zero-order chi connectivity index (χ0) is 18.7. The molecule has 1 unspecified atom stereocenters. The number of nitrogens with zero attached hydrogens (tertiary/aromatic N) is 1. The molecular weight excluding hydrogens is 332 g/mol. The van der Waals surface area contributed by atoms with Crippen molar-refractivity contribution in [3.05, 3.63) is 59.2 Å². The quantitative estimate of drug-likeness (QED) is 0.896. The maximum atomic E-state index is 12.3. The van der Waals surface area contributed by atoms with Gasteiger partial charge in [0.05, 0.1) is 20.2 Å². The van der Waals surface area contributed by atoms with E-state index in [0.717, 1.165) is 16.8 Å². The molecule has 2 amide bonds. The predicted molar refractivity (Wildman–Crippen MR) is 98.9 cm³/mol. The Labute approximate surface area is 152 Å². The van der Waals surface area contributed by atoms with Gasteiger partial charge in [-0.1, -0.05) is 12.1 Å². The summed E-state index contributed by atoms with van der Waals surface area (Å²) in [6.07, 6.45) is -0.784. The van der Waals surface area contributed by atoms with Gasteiger partial charge in [-0.3, -0.25) is 9.69 Å². The molecule has 0 radical (unpaired) electrons. The molecule has 136 valence electrons. The molecule has 0 bridgehead atoms. The van der Waals surface area contributed by atoms with Gasteiger partial charge >= 0.3 is 6.09 Å². The van der Waals surface area contributed by atoms with Crippen LogP contribution < -0.4 is 15.0 Å². The lowest BCUT2D eigenvalue weighted by molar-refractivity contribution is 0.0916. The molecule has 0 saturated carbocycles. The van der Waals surface area contributed by atoms with Gasteiger partial charge in [-0.05, 0) is 55.3 Å². The Morgan fingerprint density at radius 1 is 1.23 bits per heavy atom. The van der Waals surface area contributed by atoms with Crippen LogP contribution in [0.15, 0.2) is 42.5 Å². The summed E-state index contributed by atoms with van der Waals surface area (Å²) in [5, 5.41) is 2.81. The number of hydrogen-bond acceptors (Lipinski definition) is 4. The first kappa shape index (κ1) is 17.8. The van der Waals surface area contributed by atoms with Crippen LogP contribution in [0.2, 0.25) is 0 Å². The average molecular weight is 354 g/mol. The molecular formula is C20H22N2O4. The van der Waals surface area contributed by atoms with E-state index in [2.05, 4.69) is 11.4 Å². The van der Waals surface area contributed by atoms with Crippen LogP contribution >= 0.6 is 0 Å². The second-order valence-corrected chi connectivity index (χ2v) is 6.40. The molecule has 3 rings (SSSR count). The minimum atomic E-state index is -0.393. The molecule has 2 aromatic rings. The summed E-state index contributed by atoms with van der Waals surface area (Å²) in [6.45, 7) is 4.64. The third kappa shape index (κ3) is 3.96. The van der Waals surface area contributed by atoms with Crippen LogP contribution in [0, 0.1) is 13.8 Å². The van der Waals surface area contributed by atoms with Gasteiger partial charge in [-0.2, -0.15) is 0 Å². The zero-order valence-electron chi connectivity index (χ0n) is 15.1. The average Bonchev–Trinajstić information content (AvgIpc) is 2.99. The van der Waals surface area contributed by atoms with Crippen LogP contribution in [0.1, 0.15) is 21.5 Å². The molecule has 1 atom stereocenters. The highest BCUT2D eigenvalue weighted by Crippen LogP contribution is 2.24. The molecule has 0 spiro atoms. The summed E-state index contributed by atoms with van der Waals surface area (Å²) in [7, 11) is 1.55. The fraction of sp³-hybridized carbons (Fsp3) is 0.300. The van der Waals surface area contributed by atoms with Gasteiger partial charge in [-0.15, -0.1) is 0 Å². The first-order chi connectivity index (χ1) is 12.5. The zero-order valence-corrected chi connectivity index (χ0v) is 15.1. The Hall–Kier alpha value is -3.02. The highest BCUT2D eigenvalue weighted by molar-refractivity contribution is 5.95. The number of hydrogen-bond donors (Lipinski definition) is 1. The molecule has 6 heteroatoms. The molecule has 6 nitrogen and oxygen atoms in total. The van der Waals surface area contributed by atoms with Crippen molar-refractivity contribution in [2.24, 2.45) is 0 Å². The van der Waals surface area contributed by atoms with Crippen LogP contribution in [0.25, 0.3) is 0 Å². The highest BCUT2D eigenvalue weighted by Gasteiger charge is 2.32. The van der Waals surface area contributed by atoms with Gasteiger partial charge in [0.15, 0.2) is 0 Å². The van der Waals surface area contributed by atoms with Crippen molar-refractivity contribution in [1.82, 2.24) is 5.32 Å². The number of nitrogens with one attached hydrogen (secondary N) is 1. The second kappa shape index (κ2) is 7.47. The minimum absolute atomic E-state index is 0.232. The summed E-state index contributed by atoms with van der Waals surface area (Å²) >= 11 is 0. The largest absolute Gasteiger partial charge is 0.497 e. The molecule has 1 fully saturated rings. The molecule has 1 aliphatic heterocycles. The van der Waals surface area contributed by atoms with E-state index < -0.39 is 12.2 Å². The lowest BCUT2D eigenvalue weighted by Crippen LogP contribution is -2.34. The minimum Gasteiger partial charge on any atom is -0.497 e. The lowest BCUT2D eigenvalue weighted by Gasteiger charge is -2.15. The topological polar surface area (TPSA) is 67.9 Å². The van der Waals surface area contributed by atoms with E-state index in [9.17, 15) is 9.59 Å². The summed E-state index contributed by atoms with van der Waals surface area (Å²) in [6, 6.07) is 12.9. The number of rotatable bonds is 5. The predicted octanol–water partition coefficient (Wildman–Crippen LogP) is 3.07. The van der Waals surface area contributed by atoms with E-state index in [4.69, 9.17) is 9.47 Å². The van der Waals surface area contributed by atoms with Crippen molar-refractivity contribution < 1.29 is 19.1 Å². The van der Waals surface area contributed by atoms with E-state index in [1.165, 1.54) is 0 Å². The van der Waals surface area contributed by atoms with Gasteiger partial charge < -0.3 is 14.8 Å². The van der Waals surface area contributed by atoms with Crippen molar-refractivity contribution in [1.29, 1.82) is 0 Å². The monoisotopic (exact) mass is 354 g/mol. The first-order valence-electron chi connectivity index (χ1n) is 8.45. The third-order valence-electron chi connectivity index (χ3n) is 4.21. The van der Waals surface area contributed by atoms with Crippen molar-refractivity contribution in [2.45, 2.75) is 20.0 Å². The maximum absolute atomic E-state index is 12.3. The Balaban J connectivity index is 1.61. The molecule has 1 N–H and O–H groups in total. The molecule has 1 saturated heterocycles. The number of carbonyl (C=O) groups is 2. The van der Waals surface area contributed by atoms with Crippen LogP contribution in [-0.4, -0.2) is 38.3 Å². The fourth-order valence-electron chi connectivity index (χ4n) is 3.02. The number of anilines is 1. The number of aryl methyl sites for hydroxylation is 2. The van der Waals surface area contributed by atoms with Crippen molar-refractivity contribution in [2.75, 3.05) is 25.1 Å². The maximum Gasteiger partial charge on any atom is 0.414 e. The smallest absolute Gasteiger partial charge is 0.414 e. The Kier molecular flexibility index (Phi) is 5.11. The van der Waals surface area contributed by atoms with Gasteiger partial charge in [0, 0.05) is 11.3 Å². The van der Waals surface area contributed by atoms with Crippen LogP contribution in [0.3, 0.4) is 0 Å². The Bertz CT molecular complexity index is 814. The fourth-order valence-corrected chi connectivity index (χ4v) is 3.02. The Morgan fingerprint density at radius 3 is 2.65 bits per heavy atom. The summed E-state index contributed by atoms with van der Waals surface area (Å²) in [4.78, 5) is 26.1. The lowest BCUT2D eigenvalue weighted by atomic mass is 10.1. The molecule has 2 aromatic carbocycles. The SMILES string of the molecule is COc1cccc(C(=O)NCC2CN(c3cc(C)cc(C)c3)C(=O)O2)c1. The highest BCUT2D eigenvalue weighted by atomic mass is 16.6. The van der Waals surface area contributed by atoms with E-state index in [1.807, 2.05) is 26.0 Å². The first-order valence-corrected chi connectivity index (χ1v) is 8.45. The van der Waals surface area contributed by atoms with Crippen LogP contribution in [0.4, 0.5) is 10.5 Å². The molecule has 0 aliphatic carbocycles. The number of benzene rings is 2. The third-order valence-corrected chi connectivity index (χ3v) is 4.21. The molecule has 0 aromatic heterocycles. The van der Waals surface area contributed by atoms with Gasteiger partial charge in [0.1, 0.15) is 11.9 Å². The molecule has 1 heterocycles. The van der Waals surface area contributed by atoms with Gasteiger partial charge in [0.25, 0.3) is 5.91 Å². The van der Waals surface area contributed by atoms with Crippen LogP contribution in [-0.2, 0) is 4.74 Å². The normalized spacial score (nSPS) is 16.3. The summed E-state index contributed by atoms with van der Waals surface area (Å²) in [5.74, 6) is 0.385. The van der Waals surface area contributed by atoms with Gasteiger partial charge in [-0.25, -0.2) is 4.79 Å². The standard InChI is InChI=1S/C20H22N2O4/c1-13-7-14(2)9-16(8-13)22-12-18(26-20(22)24)11-21-19(23)15-5-4-6-17(10-15)25-3/h4-10,18H,11-12H2,1-3H3,(H,21,23). The van der Waals surface area contributed by atoms with Gasteiger partial charge in [0.2, 0.25) is 0 Å². The number of methoxy groups -OCH3 is 1. The molecule has 26 heavy (non-hydrogen) atoms. The number of cyclic esters (lactones) is 1. The van der Waals surface area contributed by atoms with Crippen LogP contribution in [0.5, 0.6) is 5.75 Å². The van der Waals surface area contributed by atoms with Crippen molar-refractivity contribution in [3.63, 3.8) is 0 Å². The van der Waals surface area contributed by atoms with Crippen molar-refractivity contribution in [3.8, 4) is 5.75 Å². The van der Waals surface area contributed by atoms with E-state index >= 15 is 0 Å². The van der Waals surface area contributed by atoms with Crippen molar-refractivity contribution >= 4 is 17.7 Å². The Morgan fingerprint density at radius 2 is 1.96 bits per heavy atom. The number of ether oxygens (including phenoxy) is 2. The molecule has 1 aliphatic rings. The van der Waals surface area contributed by atoms with E-state index in [0.29, 0.717) is 17.9 Å². The van der Waals surface area contributed by atoms with E-state index in [-0.39, 0.29) is 12.5 Å². The number of amides is 2. The summed E-state index contributed by atoms with van der Waals surface area (Å²) in [5.41, 5.74) is 3.49. The van der Waals surface area contributed by atoms with E-state index in [1.54, 1.807) is 36.3 Å². The number of carbonyl (C=O) groups excluding carboxylic acids is 2.